The van der Waals surface area contributed by atoms with E-state index < -0.39 is 0 Å². The third-order valence-corrected chi connectivity index (χ3v) is 8.54. The fourth-order valence-corrected chi connectivity index (χ4v) is 6.91. The van der Waals surface area contributed by atoms with Gasteiger partial charge < -0.3 is 0 Å². The predicted molar refractivity (Wildman–Crippen MR) is 149 cm³/mol. The first-order valence-electron chi connectivity index (χ1n) is 12.5. The van der Waals surface area contributed by atoms with Crippen molar-refractivity contribution in [3.05, 3.63) is 90.1 Å². The van der Waals surface area contributed by atoms with Crippen LogP contribution in [0.3, 0.4) is 0 Å². The summed E-state index contributed by atoms with van der Waals surface area (Å²) in [6, 6.07) is 24.8. The first-order valence-corrected chi connectivity index (χ1v) is 13.7. The molecule has 1 nitrogen and oxygen atoms in total. The molecular weight excluding hydrogens is 477 g/mol. The second-order valence-electron chi connectivity index (χ2n) is 11.5. The zero-order chi connectivity index (χ0) is 25.0. The fraction of sp³-hybridized carbons (Fsp3) is 0.281. The van der Waals surface area contributed by atoms with E-state index in [0.29, 0.717) is 6.04 Å². The van der Waals surface area contributed by atoms with Gasteiger partial charge in [-0.2, -0.15) is 0 Å². The maximum absolute atomic E-state index is 8.93. The van der Waals surface area contributed by atoms with Gasteiger partial charge in [-0.15, -0.1) is 0 Å². The average molecular weight is 512 g/mol. The van der Waals surface area contributed by atoms with Crippen LogP contribution in [-0.4, -0.2) is 19.5 Å². The van der Waals surface area contributed by atoms with Crippen LogP contribution >= 0.6 is 0 Å². The van der Waals surface area contributed by atoms with Crippen LogP contribution in [0, 0.1) is 5.41 Å². The molecule has 0 unspecified atom stereocenters. The second-order valence-corrected chi connectivity index (χ2v) is 13.8. The molecule has 0 aliphatic rings. The average Bonchev–Trinajstić information content (AvgIpc) is 3.12. The van der Waals surface area contributed by atoms with E-state index in [9.17, 15) is 0 Å². The third-order valence-electron chi connectivity index (χ3n) is 6.23. The Hall–Kier alpha value is -2.67. The van der Waals surface area contributed by atoms with Gasteiger partial charge >= 0.3 is 211 Å². The normalized spacial score (nSPS) is 12.9. The van der Waals surface area contributed by atoms with E-state index in [2.05, 4.69) is 108 Å². The Morgan fingerprint density at radius 2 is 1.62 bits per heavy atom. The Kier molecular flexibility index (Phi) is 5.47. The van der Waals surface area contributed by atoms with Gasteiger partial charge in [0.25, 0.3) is 0 Å². The summed E-state index contributed by atoms with van der Waals surface area (Å²) in [7, 11) is 0. The quantitative estimate of drug-likeness (QED) is 0.221. The number of rotatable bonds is 3. The van der Waals surface area contributed by atoms with Gasteiger partial charge in [0.1, 0.15) is 0 Å². The first-order chi connectivity index (χ1) is 16.5. The Balaban J connectivity index is 1.61. The van der Waals surface area contributed by atoms with Crippen molar-refractivity contribution in [3.63, 3.8) is 0 Å². The molecule has 3 aromatic carbocycles. The summed E-state index contributed by atoms with van der Waals surface area (Å²) in [4.78, 5) is 4.76. The van der Waals surface area contributed by atoms with Gasteiger partial charge in [-0.05, 0) is 0 Å². The molecule has 0 amide bonds. The van der Waals surface area contributed by atoms with Crippen molar-refractivity contribution in [2.24, 2.45) is 5.41 Å². The fourth-order valence-electron chi connectivity index (χ4n) is 4.67. The van der Waals surface area contributed by atoms with Gasteiger partial charge in [0, 0.05) is 0 Å². The summed E-state index contributed by atoms with van der Waals surface area (Å²) in [5, 5.41) is 3.64. The molecule has 0 saturated heterocycles. The monoisotopic (exact) mass is 512 g/mol. The van der Waals surface area contributed by atoms with Crippen LogP contribution in [0.4, 0.5) is 0 Å². The first kappa shape index (κ1) is 21.8. The minimum atomic E-state index is 0.0328. The molecule has 172 valence electrons. The van der Waals surface area contributed by atoms with Crippen LogP contribution in [0.1, 0.15) is 54.0 Å². The summed E-state index contributed by atoms with van der Waals surface area (Å²) in [6.07, 6.45) is 2.96. The van der Waals surface area contributed by atoms with Crippen molar-refractivity contribution < 1.29 is 1.37 Å². The Labute approximate surface area is 211 Å². The van der Waals surface area contributed by atoms with Gasteiger partial charge in [-0.1, -0.05) is 0 Å². The van der Waals surface area contributed by atoms with Gasteiger partial charge in [-0.3, -0.25) is 0 Å². The molecule has 0 saturated carbocycles. The molecule has 2 heterocycles. The molecular formula is C32H33NSe. The number of fused-ring (bicyclic) bond motifs is 2. The van der Waals surface area contributed by atoms with Crippen molar-refractivity contribution in [1.82, 2.24) is 4.98 Å². The van der Waals surface area contributed by atoms with Crippen molar-refractivity contribution in [2.45, 2.75) is 53.4 Å². The zero-order valence-electron chi connectivity index (χ0n) is 22.0. The van der Waals surface area contributed by atoms with Crippen molar-refractivity contribution >= 4 is 34.9 Å². The second kappa shape index (κ2) is 8.52. The molecule has 0 radical (unpaired) electrons. The minimum absolute atomic E-state index is 0.0328. The van der Waals surface area contributed by atoms with Crippen molar-refractivity contribution in [2.75, 3.05) is 0 Å². The van der Waals surface area contributed by atoms with E-state index in [1.165, 1.54) is 26.2 Å². The molecule has 0 atom stereocenters. The summed E-state index contributed by atoms with van der Waals surface area (Å²) < 4.78 is 11.4. The number of benzene rings is 3. The van der Waals surface area contributed by atoms with Crippen LogP contribution < -0.4 is 0 Å². The summed E-state index contributed by atoms with van der Waals surface area (Å²) in [6.45, 7) is 13.6. The van der Waals surface area contributed by atoms with Gasteiger partial charge in [0.15, 0.2) is 0 Å². The molecule has 0 spiro atoms. The van der Waals surface area contributed by atoms with Gasteiger partial charge in [-0.25, -0.2) is 0 Å². The number of nitrogens with zero attached hydrogens (tertiary/aromatic N) is 1. The molecule has 34 heavy (non-hydrogen) atoms. The van der Waals surface area contributed by atoms with Crippen LogP contribution in [-0.2, 0) is 11.8 Å². The van der Waals surface area contributed by atoms with E-state index in [0.717, 1.165) is 33.1 Å². The van der Waals surface area contributed by atoms with E-state index in [1.54, 1.807) is 0 Å². The van der Waals surface area contributed by atoms with Gasteiger partial charge in [0.05, 0.1) is 0 Å². The van der Waals surface area contributed by atoms with Crippen LogP contribution in [0.25, 0.3) is 41.7 Å². The molecule has 0 fully saturated rings. The van der Waals surface area contributed by atoms with Crippen molar-refractivity contribution in [1.29, 1.82) is 0 Å². The number of hydrogen-bond acceptors (Lipinski definition) is 1. The van der Waals surface area contributed by atoms with Gasteiger partial charge in [0.2, 0.25) is 0 Å². The number of aromatic nitrogens is 1. The standard InChI is InChI=1S/C32H33NSe/c1-31(2,3)20-21-11-12-23-19-30(34-29(23)15-21)24-13-14-33-28(18-24)25-16-22-9-7-8-10-26(22)27(17-25)32(4,5)6/h7-19H,20H2,1-6H3/i19D. The SMILES string of the molecule is [2H]c1c(-c2ccnc(-c3cc(C(C)(C)C)c4ccccc4c3)c2)[se]c2cc(CC(C)(C)C)ccc12. The topological polar surface area (TPSA) is 12.9 Å². The Bertz CT molecular complexity index is 1550. The van der Waals surface area contributed by atoms with E-state index in [1.807, 2.05) is 6.20 Å². The van der Waals surface area contributed by atoms with E-state index in [-0.39, 0.29) is 25.3 Å². The molecule has 0 aliphatic heterocycles. The zero-order valence-corrected chi connectivity index (χ0v) is 22.7. The molecule has 0 aliphatic carbocycles. The summed E-state index contributed by atoms with van der Waals surface area (Å²) in [5.74, 6) is 0. The third kappa shape index (κ3) is 4.76. The van der Waals surface area contributed by atoms with Crippen LogP contribution in [0.5, 0.6) is 0 Å². The van der Waals surface area contributed by atoms with E-state index in [4.69, 9.17) is 6.35 Å². The summed E-state index contributed by atoms with van der Waals surface area (Å²) in [5.41, 5.74) is 6.23. The predicted octanol–water partition coefficient (Wildman–Crippen LogP) is 8.67. The molecule has 5 rings (SSSR count). The Morgan fingerprint density at radius 1 is 0.824 bits per heavy atom. The molecule has 5 aromatic rings. The van der Waals surface area contributed by atoms with Crippen molar-refractivity contribution in [3.8, 4) is 21.3 Å². The molecule has 2 aromatic heterocycles. The van der Waals surface area contributed by atoms with Crippen LogP contribution in [0.15, 0.2) is 79.0 Å². The number of pyridine rings is 1. The number of hydrogen-bond donors (Lipinski definition) is 0. The molecule has 0 bridgehead atoms. The Morgan fingerprint density at radius 3 is 2.38 bits per heavy atom. The van der Waals surface area contributed by atoms with Crippen LogP contribution in [0.2, 0.25) is 0 Å². The summed E-state index contributed by atoms with van der Waals surface area (Å²) >= 11 is 0.124. The maximum atomic E-state index is 8.93. The molecule has 0 N–H and O–H groups in total. The molecule has 2 heteroatoms. The van der Waals surface area contributed by atoms with E-state index >= 15 is 0 Å².